The summed E-state index contributed by atoms with van der Waals surface area (Å²) in [5.74, 6) is -0.168. The number of ether oxygens (including phenoxy) is 2. The maximum absolute atomic E-state index is 13.0. The summed E-state index contributed by atoms with van der Waals surface area (Å²) in [5, 5.41) is 0. The van der Waals surface area contributed by atoms with E-state index >= 15 is 0 Å². The number of hydrogen-bond acceptors (Lipinski definition) is 3. The van der Waals surface area contributed by atoms with Crippen LogP contribution in [0.3, 0.4) is 0 Å². The second kappa shape index (κ2) is 10.1. The molecule has 0 saturated heterocycles. The summed E-state index contributed by atoms with van der Waals surface area (Å²) in [4.78, 5) is 0. The highest BCUT2D eigenvalue weighted by molar-refractivity contribution is 6.27. The Morgan fingerprint density at radius 1 is 1.21 bits per heavy atom. The summed E-state index contributed by atoms with van der Waals surface area (Å²) in [5.41, 5.74) is 1.04. The molecule has 1 aromatic carbocycles. The highest BCUT2D eigenvalue weighted by Crippen LogP contribution is 2.08. The molecule has 108 valence electrons. The van der Waals surface area contributed by atoms with Gasteiger partial charge in [0.1, 0.15) is 5.82 Å². The van der Waals surface area contributed by atoms with Crippen molar-refractivity contribution >= 4 is 9.76 Å². The van der Waals surface area contributed by atoms with Crippen LogP contribution in [0.4, 0.5) is 4.39 Å². The Labute approximate surface area is 117 Å². The maximum Gasteiger partial charge on any atom is 0.261 e. The van der Waals surface area contributed by atoms with E-state index in [1.54, 1.807) is 12.1 Å². The molecule has 0 aromatic heterocycles. The Hall–Kier alpha value is -0.753. The number of aryl methyl sites for hydroxylation is 1. The summed E-state index contributed by atoms with van der Waals surface area (Å²) in [6.07, 6.45) is 1.91. The van der Waals surface area contributed by atoms with Crippen molar-refractivity contribution in [3.05, 3.63) is 35.6 Å². The van der Waals surface area contributed by atoms with E-state index in [9.17, 15) is 4.39 Å². The van der Waals surface area contributed by atoms with Crippen LogP contribution in [-0.2, 0) is 20.3 Å². The molecular formula is C14H23FO3Si. The fourth-order valence-electron chi connectivity index (χ4n) is 1.72. The average Bonchev–Trinajstić information content (AvgIpc) is 2.39. The lowest BCUT2D eigenvalue weighted by atomic mass is 10.1. The van der Waals surface area contributed by atoms with Gasteiger partial charge in [-0.05, 0) is 44.0 Å². The van der Waals surface area contributed by atoms with Crippen molar-refractivity contribution in [1.82, 2.24) is 0 Å². The summed E-state index contributed by atoms with van der Waals surface area (Å²) in [7, 11) is -0.646. The van der Waals surface area contributed by atoms with Crippen LogP contribution >= 0.6 is 0 Å². The molecule has 0 saturated carbocycles. The first-order valence-electron chi connectivity index (χ1n) is 6.85. The molecule has 0 N–H and O–H groups in total. The second-order valence-corrected chi connectivity index (χ2v) is 5.61. The lowest BCUT2D eigenvalue weighted by molar-refractivity contribution is -0.243. The van der Waals surface area contributed by atoms with E-state index in [1.165, 1.54) is 6.07 Å². The average molecular weight is 286 g/mol. The van der Waals surface area contributed by atoms with Gasteiger partial charge in [0.15, 0.2) is 9.76 Å². The zero-order valence-electron chi connectivity index (χ0n) is 11.7. The Balaban J connectivity index is 2.13. The minimum absolute atomic E-state index is 0.168. The van der Waals surface area contributed by atoms with Gasteiger partial charge in [-0.3, -0.25) is 0 Å². The van der Waals surface area contributed by atoms with Gasteiger partial charge in [0.05, 0.1) is 0 Å². The van der Waals surface area contributed by atoms with Crippen LogP contribution in [0.15, 0.2) is 24.3 Å². The highest BCUT2D eigenvalue weighted by atomic mass is 28.2. The normalized spacial score (nSPS) is 11.8. The van der Waals surface area contributed by atoms with Gasteiger partial charge in [0.25, 0.3) is 6.48 Å². The molecule has 3 nitrogen and oxygen atoms in total. The number of hydrogen-bond donors (Lipinski definition) is 0. The third kappa shape index (κ3) is 7.42. The van der Waals surface area contributed by atoms with E-state index < -0.39 is 16.2 Å². The minimum atomic E-state index is -0.646. The van der Waals surface area contributed by atoms with Crippen LogP contribution in [0.25, 0.3) is 0 Å². The number of rotatable bonds is 10. The van der Waals surface area contributed by atoms with Crippen LogP contribution < -0.4 is 0 Å². The van der Waals surface area contributed by atoms with Crippen molar-refractivity contribution < 1.29 is 18.3 Å². The Kier molecular flexibility index (Phi) is 8.65. The first-order chi connectivity index (χ1) is 9.26. The van der Waals surface area contributed by atoms with Crippen LogP contribution in [0.5, 0.6) is 0 Å². The Bertz CT molecular complexity index is 343. The summed E-state index contributed by atoms with van der Waals surface area (Å²) < 4.78 is 29.2. The van der Waals surface area contributed by atoms with Gasteiger partial charge in [-0.1, -0.05) is 18.6 Å². The Morgan fingerprint density at radius 3 is 2.58 bits per heavy atom. The van der Waals surface area contributed by atoms with Crippen LogP contribution in [0.2, 0.25) is 6.04 Å². The van der Waals surface area contributed by atoms with Crippen LogP contribution in [-0.4, -0.2) is 29.5 Å². The van der Waals surface area contributed by atoms with Crippen molar-refractivity contribution in [2.45, 2.75) is 39.2 Å². The fraction of sp³-hybridized carbons (Fsp3) is 0.571. The molecule has 0 bridgehead atoms. The molecule has 0 heterocycles. The van der Waals surface area contributed by atoms with E-state index in [0.717, 1.165) is 24.4 Å². The standard InChI is InChI=1S/C14H23FO3Si/c1-3-16-14(17-4-2)18-19-10-6-8-12-7-5-9-13(15)11-12/h5,7,9,11,14H,3-4,6,8,10,19H2,1-2H3. The zero-order chi connectivity index (χ0) is 13.9. The van der Waals surface area contributed by atoms with Crippen molar-refractivity contribution in [2.75, 3.05) is 13.2 Å². The zero-order valence-corrected chi connectivity index (χ0v) is 13.1. The molecule has 19 heavy (non-hydrogen) atoms. The molecule has 1 rings (SSSR count). The third-order valence-electron chi connectivity index (χ3n) is 2.61. The van der Waals surface area contributed by atoms with E-state index in [0.29, 0.717) is 13.2 Å². The molecule has 0 amide bonds. The van der Waals surface area contributed by atoms with Crippen LogP contribution in [0, 0.1) is 5.82 Å². The van der Waals surface area contributed by atoms with Gasteiger partial charge >= 0.3 is 0 Å². The number of halogens is 1. The lowest BCUT2D eigenvalue weighted by Gasteiger charge is -2.17. The van der Waals surface area contributed by atoms with E-state index in [1.807, 2.05) is 19.9 Å². The van der Waals surface area contributed by atoms with Gasteiger partial charge in [-0.15, -0.1) is 0 Å². The molecular weight excluding hydrogens is 263 g/mol. The maximum atomic E-state index is 13.0. The molecule has 0 spiro atoms. The lowest BCUT2D eigenvalue weighted by Crippen LogP contribution is -2.23. The van der Waals surface area contributed by atoms with Gasteiger partial charge in [-0.2, -0.15) is 0 Å². The summed E-state index contributed by atoms with van der Waals surface area (Å²) in [6.45, 7) is 4.50. The molecule has 0 radical (unpaired) electrons. The molecule has 5 heteroatoms. The first-order valence-corrected chi connectivity index (χ1v) is 8.43. The van der Waals surface area contributed by atoms with E-state index in [4.69, 9.17) is 13.9 Å². The SMILES string of the molecule is CCOC(OCC)O[SiH2]CCCc1cccc(F)c1. The van der Waals surface area contributed by atoms with Gasteiger partial charge in [0.2, 0.25) is 0 Å². The molecule has 0 fully saturated rings. The second-order valence-electron chi connectivity index (χ2n) is 4.16. The summed E-state index contributed by atoms with van der Waals surface area (Å²) in [6, 6.07) is 7.79. The quantitative estimate of drug-likeness (QED) is 0.376. The topological polar surface area (TPSA) is 27.7 Å². The molecule has 0 aliphatic carbocycles. The monoisotopic (exact) mass is 286 g/mol. The fourth-order valence-corrected chi connectivity index (χ4v) is 2.73. The molecule has 0 unspecified atom stereocenters. The van der Waals surface area contributed by atoms with E-state index in [2.05, 4.69) is 0 Å². The van der Waals surface area contributed by atoms with Gasteiger partial charge < -0.3 is 13.9 Å². The minimum Gasteiger partial charge on any atom is -0.379 e. The largest absolute Gasteiger partial charge is 0.379 e. The molecule has 0 atom stereocenters. The van der Waals surface area contributed by atoms with Crippen molar-refractivity contribution in [2.24, 2.45) is 0 Å². The smallest absolute Gasteiger partial charge is 0.261 e. The highest BCUT2D eigenvalue weighted by Gasteiger charge is 2.07. The van der Waals surface area contributed by atoms with Crippen molar-refractivity contribution in [3.63, 3.8) is 0 Å². The van der Waals surface area contributed by atoms with Gasteiger partial charge in [0, 0.05) is 13.2 Å². The predicted molar refractivity (Wildman–Crippen MR) is 76.2 cm³/mol. The van der Waals surface area contributed by atoms with Crippen molar-refractivity contribution in [3.8, 4) is 0 Å². The van der Waals surface area contributed by atoms with E-state index in [-0.39, 0.29) is 5.82 Å². The Morgan fingerprint density at radius 2 is 1.95 bits per heavy atom. The number of benzene rings is 1. The molecule has 0 aliphatic heterocycles. The first kappa shape index (κ1) is 16.3. The summed E-state index contributed by atoms with van der Waals surface area (Å²) >= 11 is 0. The van der Waals surface area contributed by atoms with Crippen molar-refractivity contribution in [1.29, 1.82) is 0 Å². The molecule has 0 aliphatic rings. The predicted octanol–water partition coefficient (Wildman–Crippen LogP) is 2.63. The van der Waals surface area contributed by atoms with Gasteiger partial charge in [-0.25, -0.2) is 4.39 Å². The molecule has 1 aromatic rings. The van der Waals surface area contributed by atoms with Crippen LogP contribution in [0.1, 0.15) is 25.8 Å². The third-order valence-corrected chi connectivity index (χ3v) is 3.90.